The Morgan fingerprint density at radius 1 is 0.882 bits per heavy atom. The van der Waals surface area contributed by atoms with Gasteiger partial charge in [-0.15, -0.1) is 0 Å². The fourth-order valence-electron chi connectivity index (χ4n) is 1.95. The van der Waals surface area contributed by atoms with Gasteiger partial charge in [-0.2, -0.15) is 0 Å². The molecule has 2 heteroatoms. The first-order chi connectivity index (χ1) is 8.20. The molecule has 0 amide bonds. The zero-order valence-corrected chi connectivity index (χ0v) is 12.6. The van der Waals surface area contributed by atoms with E-state index in [0.29, 0.717) is 5.66 Å². The van der Waals surface area contributed by atoms with Gasteiger partial charge < -0.3 is 0 Å². The number of rotatable bonds is 3. The Labute approximate surface area is 113 Å². The highest BCUT2D eigenvalue weighted by atomic mass is 79.9. The van der Waals surface area contributed by atoms with E-state index in [-0.39, 0.29) is 7.92 Å². The number of halogens is 1. The van der Waals surface area contributed by atoms with E-state index >= 15 is 0 Å². The van der Waals surface area contributed by atoms with Gasteiger partial charge in [-0.3, -0.25) is 0 Å². The molecule has 2 aromatic carbocycles. The van der Waals surface area contributed by atoms with Crippen LogP contribution in [0.25, 0.3) is 0 Å². The zero-order chi connectivity index (χ0) is 12.3. The maximum atomic E-state index is 3.68. The molecule has 88 valence electrons. The summed E-state index contributed by atoms with van der Waals surface area (Å²) in [6.45, 7) is 4.61. The zero-order valence-electron chi connectivity index (χ0n) is 10.1. The van der Waals surface area contributed by atoms with Crippen molar-refractivity contribution in [3.63, 3.8) is 0 Å². The quantitative estimate of drug-likeness (QED) is 0.742. The molecule has 0 aliphatic heterocycles. The minimum Gasteiger partial charge on any atom is -0.0622 e. The summed E-state index contributed by atoms with van der Waals surface area (Å²) in [6, 6.07) is 19.4. The summed E-state index contributed by atoms with van der Waals surface area (Å²) in [5.74, 6) is 0. The van der Waals surface area contributed by atoms with Crippen LogP contribution in [0, 0.1) is 0 Å². The predicted molar refractivity (Wildman–Crippen MR) is 81.9 cm³/mol. The van der Waals surface area contributed by atoms with Crippen molar-refractivity contribution < 1.29 is 0 Å². The van der Waals surface area contributed by atoms with E-state index in [1.165, 1.54) is 15.1 Å². The Bertz CT molecular complexity index is 479. The summed E-state index contributed by atoms with van der Waals surface area (Å²) >= 11 is 3.68. The van der Waals surface area contributed by atoms with Gasteiger partial charge in [0.1, 0.15) is 0 Å². The maximum absolute atomic E-state index is 3.68. The van der Waals surface area contributed by atoms with Crippen molar-refractivity contribution in [3.05, 3.63) is 59.1 Å². The molecule has 2 aromatic rings. The normalized spacial score (nSPS) is 12.7. The average molecular weight is 307 g/mol. The van der Waals surface area contributed by atoms with Gasteiger partial charge in [0, 0.05) is 4.47 Å². The predicted octanol–water partition coefficient (Wildman–Crippen LogP) is 4.29. The molecule has 0 aliphatic rings. The van der Waals surface area contributed by atoms with E-state index in [1.807, 2.05) is 0 Å². The lowest BCUT2D eigenvalue weighted by Gasteiger charge is -2.23. The third-order valence-electron chi connectivity index (χ3n) is 2.66. The highest BCUT2D eigenvalue weighted by molar-refractivity contribution is 9.10. The number of hydrogen-bond acceptors (Lipinski definition) is 0. The second-order valence-electron chi connectivity index (χ2n) is 4.25. The molecular weight excluding hydrogens is 291 g/mol. The topological polar surface area (TPSA) is 0 Å². The van der Waals surface area contributed by atoms with E-state index in [2.05, 4.69) is 84.4 Å². The van der Waals surface area contributed by atoms with Crippen molar-refractivity contribution in [2.45, 2.75) is 19.5 Å². The van der Waals surface area contributed by atoms with Crippen LogP contribution in [0.5, 0.6) is 0 Å². The van der Waals surface area contributed by atoms with Crippen LogP contribution in [0.2, 0.25) is 0 Å². The van der Waals surface area contributed by atoms with Gasteiger partial charge in [0.05, 0.1) is 0 Å². The van der Waals surface area contributed by atoms with E-state index in [0.717, 1.165) is 0 Å². The molecule has 0 aromatic heterocycles. The third kappa shape index (κ3) is 2.97. The molecule has 2 rings (SSSR count). The lowest BCUT2D eigenvalue weighted by Crippen LogP contribution is -2.18. The van der Waals surface area contributed by atoms with Crippen molar-refractivity contribution in [2.24, 2.45) is 0 Å². The van der Waals surface area contributed by atoms with Crippen molar-refractivity contribution in [3.8, 4) is 0 Å². The highest BCUT2D eigenvalue weighted by Gasteiger charge is 2.19. The Morgan fingerprint density at radius 3 is 2.06 bits per heavy atom. The summed E-state index contributed by atoms with van der Waals surface area (Å²) in [4.78, 5) is 0. The summed E-state index contributed by atoms with van der Waals surface area (Å²) in [6.07, 6.45) is 0. The standard InChI is InChI=1S/C15H16BrP/c1-12(2)17(13-8-4-3-5-9-13)15-11-7-6-10-14(15)16/h3-12H,1-2H3/t17-/m1/s1. The molecule has 0 unspecified atom stereocenters. The molecule has 1 atom stereocenters. The molecule has 0 spiro atoms. The molecule has 0 nitrogen and oxygen atoms in total. The van der Waals surface area contributed by atoms with Gasteiger partial charge in [-0.25, -0.2) is 0 Å². The molecule has 17 heavy (non-hydrogen) atoms. The second-order valence-corrected chi connectivity index (χ2v) is 7.88. The Morgan fingerprint density at radius 2 is 1.47 bits per heavy atom. The average Bonchev–Trinajstić information content (AvgIpc) is 2.33. The highest BCUT2D eigenvalue weighted by Crippen LogP contribution is 2.40. The van der Waals surface area contributed by atoms with Crippen molar-refractivity contribution in [1.29, 1.82) is 0 Å². The van der Waals surface area contributed by atoms with E-state index in [1.54, 1.807) is 0 Å². The lowest BCUT2D eigenvalue weighted by molar-refractivity contribution is 1.10. The SMILES string of the molecule is CC(C)[P@](c1ccccc1)c1ccccc1Br. The van der Waals surface area contributed by atoms with Gasteiger partial charge in [0.25, 0.3) is 0 Å². The number of hydrogen-bond donors (Lipinski definition) is 0. The molecule has 0 heterocycles. The van der Waals surface area contributed by atoms with Crippen LogP contribution in [-0.2, 0) is 0 Å². The minimum atomic E-state index is -0.278. The van der Waals surface area contributed by atoms with Gasteiger partial charge in [-0.1, -0.05) is 78.3 Å². The van der Waals surface area contributed by atoms with Crippen LogP contribution in [0.15, 0.2) is 59.1 Å². The van der Waals surface area contributed by atoms with E-state index in [4.69, 9.17) is 0 Å². The van der Waals surface area contributed by atoms with Gasteiger partial charge in [0.15, 0.2) is 0 Å². The summed E-state index contributed by atoms with van der Waals surface area (Å²) < 4.78 is 1.23. The molecule has 0 aliphatic carbocycles. The lowest BCUT2D eigenvalue weighted by atomic mass is 10.4. The molecular formula is C15H16BrP. The van der Waals surface area contributed by atoms with Crippen LogP contribution in [-0.4, -0.2) is 5.66 Å². The molecule has 0 bridgehead atoms. The van der Waals surface area contributed by atoms with Crippen LogP contribution < -0.4 is 10.6 Å². The first-order valence-corrected chi connectivity index (χ1v) is 7.99. The smallest absolute Gasteiger partial charge is 0.0255 e. The summed E-state index contributed by atoms with van der Waals surface area (Å²) in [5.41, 5.74) is 0.645. The van der Waals surface area contributed by atoms with Crippen molar-refractivity contribution >= 4 is 34.5 Å². The van der Waals surface area contributed by atoms with Crippen LogP contribution >= 0.6 is 23.9 Å². The van der Waals surface area contributed by atoms with Gasteiger partial charge >= 0.3 is 0 Å². The summed E-state index contributed by atoms with van der Waals surface area (Å²) in [5, 5.41) is 2.88. The Hall–Kier alpha value is -0.650. The molecule has 0 radical (unpaired) electrons. The maximum Gasteiger partial charge on any atom is 0.0255 e. The van der Waals surface area contributed by atoms with Gasteiger partial charge in [-0.05, 0) is 30.3 Å². The monoisotopic (exact) mass is 306 g/mol. The fraction of sp³-hybridized carbons (Fsp3) is 0.200. The van der Waals surface area contributed by atoms with Crippen molar-refractivity contribution in [2.75, 3.05) is 0 Å². The van der Waals surface area contributed by atoms with E-state index in [9.17, 15) is 0 Å². The molecule has 0 fully saturated rings. The Balaban J connectivity index is 2.47. The van der Waals surface area contributed by atoms with Crippen molar-refractivity contribution in [1.82, 2.24) is 0 Å². The largest absolute Gasteiger partial charge is 0.0622 e. The number of benzene rings is 2. The third-order valence-corrected chi connectivity index (χ3v) is 6.46. The Kier molecular flexibility index (Phi) is 4.36. The fourth-order valence-corrected chi connectivity index (χ4v) is 5.28. The molecule has 0 saturated carbocycles. The second kappa shape index (κ2) is 5.80. The minimum absolute atomic E-state index is 0.278. The summed E-state index contributed by atoms with van der Waals surface area (Å²) in [7, 11) is -0.278. The van der Waals surface area contributed by atoms with E-state index < -0.39 is 0 Å². The molecule has 0 N–H and O–H groups in total. The first kappa shape index (κ1) is 12.8. The van der Waals surface area contributed by atoms with Crippen LogP contribution in [0.3, 0.4) is 0 Å². The van der Waals surface area contributed by atoms with Crippen LogP contribution in [0.1, 0.15) is 13.8 Å². The van der Waals surface area contributed by atoms with Crippen LogP contribution in [0.4, 0.5) is 0 Å². The van der Waals surface area contributed by atoms with Gasteiger partial charge in [0.2, 0.25) is 0 Å². The first-order valence-electron chi connectivity index (χ1n) is 5.79. The molecule has 0 saturated heterocycles.